The number of nitrogens with one attached hydrogen (secondary N) is 1. The maximum Gasteiger partial charge on any atom is 0.0725 e. The second kappa shape index (κ2) is 6.28. The number of nitrogens with zero attached hydrogens (tertiary/aromatic N) is 1. The molecule has 0 radical (unpaired) electrons. The molecule has 0 saturated carbocycles. The summed E-state index contributed by atoms with van der Waals surface area (Å²) in [4.78, 5) is 4.14. The zero-order valence-electron chi connectivity index (χ0n) is 10.6. The fourth-order valence-corrected chi connectivity index (χ4v) is 2.15. The van der Waals surface area contributed by atoms with Crippen molar-refractivity contribution in [2.45, 2.75) is 25.8 Å². The minimum Gasteiger partial charge on any atom is -0.271 e. The number of hydrogen-bond acceptors (Lipinski definition) is 3. The largest absolute Gasteiger partial charge is 0.271 e. The fraction of sp³-hybridized carbons (Fsp3) is 0.267. The molecule has 0 aliphatic rings. The van der Waals surface area contributed by atoms with Gasteiger partial charge in [0.25, 0.3) is 0 Å². The number of nitrogens with two attached hydrogens (primary N) is 1. The van der Waals surface area contributed by atoms with E-state index in [1.807, 2.05) is 18.3 Å². The third-order valence-electron chi connectivity index (χ3n) is 3.01. The molecule has 3 heteroatoms. The first-order valence-electron chi connectivity index (χ1n) is 6.30. The Balaban J connectivity index is 2.30. The number of aryl methyl sites for hydroxylation is 1. The molecular weight excluding hydrogens is 222 g/mol. The van der Waals surface area contributed by atoms with Crippen LogP contribution in [0, 0.1) is 0 Å². The van der Waals surface area contributed by atoms with E-state index >= 15 is 0 Å². The van der Waals surface area contributed by atoms with Gasteiger partial charge in [-0.3, -0.25) is 10.8 Å². The highest BCUT2D eigenvalue weighted by Gasteiger charge is 2.12. The summed E-state index contributed by atoms with van der Waals surface area (Å²) in [6.07, 6.45) is 5.86. The lowest BCUT2D eigenvalue weighted by atomic mass is 9.98. The molecule has 1 unspecified atom stereocenters. The molecule has 0 amide bonds. The first-order valence-corrected chi connectivity index (χ1v) is 6.30. The van der Waals surface area contributed by atoms with E-state index in [0.717, 1.165) is 18.4 Å². The summed E-state index contributed by atoms with van der Waals surface area (Å²) in [6.45, 7) is 2.19. The van der Waals surface area contributed by atoms with Crippen LogP contribution < -0.4 is 11.3 Å². The maximum absolute atomic E-state index is 5.68. The standard InChI is InChI=1S/C15H19N3/c1-2-5-12-6-3-7-13(10-12)15(18-16)14-8-4-9-17-11-14/h3-4,6-11,15,18H,2,5,16H2,1H3. The molecular formula is C15H19N3. The second-order valence-corrected chi connectivity index (χ2v) is 4.38. The van der Waals surface area contributed by atoms with Crippen LogP contribution in [0.3, 0.4) is 0 Å². The normalized spacial score (nSPS) is 12.3. The summed E-state index contributed by atoms with van der Waals surface area (Å²) in [5.41, 5.74) is 6.47. The van der Waals surface area contributed by atoms with E-state index in [9.17, 15) is 0 Å². The Morgan fingerprint density at radius 1 is 1.22 bits per heavy atom. The molecule has 18 heavy (non-hydrogen) atoms. The van der Waals surface area contributed by atoms with Crippen LogP contribution in [0.1, 0.15) is 36.1 Å². The van der Waals surface area contributed by atoms with Crippen molar-refractivity contribution in [1.82, 2.24) is 10.4 Å². The molecule has 0 fully saturated rings. The van der Waals surface area contributed by atoms with Crippen molar-refractivity contribution >= 4 is 0 Å². The van der Waals surface area contributed by atoms with Gasteiger partial charge in [0.1, 0.15) is 0 Å². The molecule has 0 saturated heterocycles. The summed E-state index contributed by atoms with van der Waals surface area (Å²) >= 11 is 0. The highest BCUT2D eigenvalue weighted by molar-refractivity contribution is 5.33. The van der Waals surface area contributed by atoms with Gasteiger partial charge in [-0.15, -0.1) is 0 Å². The Hall–Kier alpha value is -1.71. The quantitative estimate of drug-likeness (QED) is 0.625. The lowest BCUT2D eigenvalue weighted by Gasteiger charge is -2.17. The van der Waals surface area contributed by atoms with E-state index in [4.69, 9.17) is 5.84 Å². The first-order chi connectivity index (χ1) is 8.85. The molecule has 2 aromatic rings. The molecule has 0 spiro atoms. The molecule has 1 atom stereocenters. The Morgan fingerprint density at radius 3 is 2.72 bits per heavy atom. The molecule has 0 aliphatic heterocycles. The highest BCUT2D eigenvalue weighted by Crippen LogP contribution is 2.21. The van der Waals surface area contributed by atoms with Crippen LogP contribution in [0.15, 0.2) is 48.8 Å². The van der Waals surface area contributed by atoms with Gasteiger partial charge in [-0.25, -0.2) is 5.43 Å². The van der Waals surface area contributed by atoms with E-state index in [-0.39, 0.29) is 6.04 Å². The number of rotatable bonds is 5. The van der Waals surface area contributed by atoms with E-state index in [2.05, 4.69) is 41.6 Å². The maximum atomic E-state index is 5.68. The van der Waals surface area contributed by atoms with Crippen LogP contribution in [0.4, 0.5) is 0 Å². The van der Waals surface area contributed by atoms with Crippen molar-refractivity contribution in [2.75, 3.05) is 0 Å². The summed E-state index contributed by atoms with van der Waals surface area (Å²) in [5, 5.41) is 0. The molecule has 3 N–H and O–H groups in total. The summed E-state index contributed by atoms with van der Waals surface area (Å²) in [6, 6.07) is 12.5. The highest BCUT2D eigenvalue weighted by atomic mass is 15.2. The lowest BCUT2D eigenvalue weighted by Crippen LogP contribution is -2.28. The predicted molar refractivity (Wildman–Crippen MR) is 73.8 cm³/mol. The number of hydrogen-bond donors (Lipinski definition) is 2. The minimum absolute atomic E-state index is 0.00416. The van der Waals surface area contributed by atoms with Gasteiger partial charge in [-0.2, -0.15) is 0 Å². The Morgan fingerprint density at radius 2 is 2.06 bits per heavy atom. The van der Waals surface area contributed by atoms with Gasteiger partial charge in [0.2, 0.25) is 0 Å². The van der Waals surface area contributed by atoms with Crippen molar-refractivity contribution in [3.63, 3.8) is 0 Å². The van der Waals surface area contributed by atoms with E-state index in [1.54, 1.807) is 6.20 Å². The van der Waals surface area contributed by atoms with Crippen LogP contribution in [0.2, 0.25) is 0 Å². The topological polar surface area (TPSA) is 50.9 Å². The first kappa shape index (κ1) is 12.7. The number of pyridine rings is 1. The number of hydrazine groups is 1. The molecule has 0 aliphatic carbocycles. The van der Waals surface area contributed by atoms with Gasteiger partial charge in [0.05, 0.1) is 6.04 Å². The molecule has 2 rings (SSSR count). The van der Waals surface area contributed by atoms with Crippen LogP contribution >= 0.6 is 0 Å². The van der Waals surface area contributed by atoms with Gasteiger partial charge in [0, 0.05) is 12.4 Å². The van der Waals surface area contributed by atoms with Crippen LogP contribution in [-0.2, 0) is 6.42 Å². The van der Waals surface area contributed by atoms with Crippen molar-refractivity contribution in [3.8, 4) is 0 Å². The average Bonchev–Trinajstić information content (AvgIpc) is 2.42. The minimum atomic E-state index is -0.00416. The number of benzene rings is 1. The summed E-state index contributed by atoms with van der Waals surface area (Å²) < 4.78 is 0. The predicted octanol–water partition coefficient (Wildman–Crippen LogP) is 2.59. The van der Waals surface area contributed by atoms with Crippen LogP contribution in [-0.4, -0.2) is 4.98 Å². The Labute approximate surface area is 108 Å². The molecule has 1 aromatic carbocycles. The molecule has 3 nitrogen and oxygen atoms in total. The molecule has 0 bridgehead atoms. The van der Waals surface area contributed by atoms with Crippen LogP contribution in [0.25, 0.3) is 0 Å². The lowest BCUT2D eigenvalue weighted by molar-refractivity contribution is 0.634. The smallest absolute Gasteiger partial charge is 0.0725 e. The number of aromatic nitrogens is 1. The zero-order chi connectivity index (χ0) is 12.8. The van der Waals surface area contributed by atoms with E-state index < -0.39 is 0 Å². The fourth-order valence-electron chi connectivity index (χ4n) is 2.15. The van der Waals surface area contributed by atoms with Gasteiger partial charge < -0.3 is 0 Å². The van der Waals surface area contributed by atoms with Gasteiger partial charge in [0.15, 0.2) is 0 Å². The van der Waals surface area contributed by atoms with Gasteiger partial charge in [-0.05, 0) is 29.2 Å². The van der Waals surface area contributed by atoms with Gasteiger partial charge in [-0.1, -0.05) is 43.7 Å². The molecule has 1 aromatic heterocycles. The van der Waals surface area contributed by atoms with E-state index in [0.29, 0.717) is 0 Å². The molecule has 1 heterocycles. The average molecular weight is 241 g/mol. The van der Waals surface area contributed by atoms with Crippen molar-refractivity contribution < 1.29 is 0 Å². The third-order valence-corrected chi connectivity index (χ3v) is 3.01. The molecule has 94 valence electrons. The SMILES string of the molecule is CCCc1cccc(C(NN)c2cccnc2)c1. The summed E-state index contributed by atoms with van der Waals surface area (Å²) in [5.74, 6) is 5.68. The Kier molecular flexibility index (Phi) is 4.45. The second-order valence-electron chi connectivity index (χ2n) is 4.38. The van der Waals surface area contributed by atoms with Crippen molar-refractivity contribution in [1.29, 1.82) is 0 Å². The summed E-state index contributed by atoms with van der Waals surface area (Å²) in [7, 11) is 0. The van der Waals surface area contributed by atoms with Crippen LogP contribution in [0.5, 0.6) is 0 Å². The zero-order valence-corrected chi connectivity index (χ0v) is 10.6. The third kappa shape index (κ3) is 2.94. The van der Waals surface area contributed by atoms with Gasteiger partial charge >= 0.3 is 0 Å². The Bertz CT molecular complexity index is 482. The van der Waals surface area contributed by atoms with Crippen molar-refractivity contribution in [3.05, 3.63) is 65.5 Å². The van der Waals surface area contributed by atoms with E-state index in [1.165, 1.54) is 11.1 Å². The van der Waals surface area contributed by atoms with Crippen molar-refractivity contribution in [2.24, 2.45) is 5.84 Å². The monoisotopic (exact) mass is 241 g/mol.